The fraction of sp³-hybridized carbons (Fsp3) is 0.304. The largest absolute Gasteiger partial charge is 0.466 e. The molecule has 1 aliphatic rings. The molecule has 0 aliphatic carbocycles. The average molecular weight is 449 g/mol. The van der Waals surface area contributed by atoms with E-state index in [-0.39, 0.29) is 29.1 Å². The molecule has 10 nitrogen and oxygen atoms in total. The number of nitrogens with zero attached hydrogens (tertiary/aromatic N) is 4. The number of benzene rings is 1. The van der Waals surface area contributed by atoms with Crippen LogP contribution in [0, 0.1) is 5.92 Å². The topological polar surface area (TPSA) is 123 Å². The molecule has 1 N–H and O–H groups in total. The number of rotatable bonds is 5. The number of nitrogens with one attached hydrogen (secondary N) is 1. The van der Waals surface area contributed by atoms with E-state index in [0.717, 1.165) is 4.68 Å². The third kappa shape index (κ3) is 4.59. The van der Waals surface area contributed by atoms with Gasteiger partial charge in [-0.1, -0.05) is 18.2 Å². The Morgan fingerprint density at radius 2 is 1.85 bits per heavy atom. The maximum atomic E-state index is 13.4. The number of piperidine rings is 1. The van der Waals surface area contributed by atoms with E-state index >= 15 is 0 Å². The van der Waals surface area contributed by atoms with Gasteiger partial charge in [-0.3, -0.25) is 29.6 Å². The molecule has 0 atom stereocenters. The smallest absolute Gasteiger partial charge is 0.309 e. The molecule has 0 saturated carbocycles. The van der Waals surface area contributed by atoms with Crippen molar-refractivity contribution in [2.45, 2.75) is 19.8 Å². The number of likely N-dealkylation sites (tertiary alicyclic amines) is 1. The van der Waals surface area contributed by atoms with Crippen LogP contribution in [0.25, 0.3) is 10.8 Å². The Kier molecular flexibility index (Phi) is 6.43. The van der Waals surface area contributed by atoms with Gasteiger partial charge in [-0.05, 0) is 25.8 Å². The van der Waals surface area contributed by atoms with Crippen molar-refractivity contribution in [3.05, 3.63) is 70.7 Å². The van der Waals surface area contributed by atoms with Gasteiger partial charge in [0.1, 0.15) is 5.69 Å². The summed E-state index contributed by atoms with van der Waals surface area (Å²) in [4.78, 5) is 60.3. The summed E-state index contributed by atoms with van der Waals surface area (Å²) < 4.78 is 6.09. The molecule has 0 radical (unpaired) electrons. The minimum Gasteiger partial charge on any atom is -0.466 e. The predicted molar refractivity (Wildman–Crippen MR) is 119 cm³/mol. The van der Waals surface area contributed by atoms with Crippen molar-refractivity contribution < 1.29 is 19.1 Å². The van der Waals surface area contributed by atoms with Gasteiger partial charge in [0.25, 0.3) is 17.4 Å². The van der Waals surface area contributed by atoms with Crippen molar-refractivity contribution in [2.75, 3.05) is 25.1 Å². The zero-order valence-electron chi connectivity index (χ0n) is 18.1. The van der Waals surface area contributed by atoms with Crippen LogP contribution in [0.15, 0.2) is 53.8 Å². The van der Waals surface area contributed by atoms with Gasteiger partial charge in [0.15, 0.2) is 0 Å². The Bertz CT molecular complexity index is 1250. The van der Waals surface area contributed by atoms with Crippen molar-refractivity contribution in [1.29, 1.82) is 0 Å². The van der Waals surface area contributed by atoms with E-state index in [4.69, 9.17) is 4.74 Å². The van der Waals surface area contributed by atoms with E-state index in [0.29, 0.717) is 43.3 Å². The number of amides is 2. The van der Waals surface area contributed by atoms with Crippen LogP contribution in [0.4, 0.5) is 0 Å². The lowest BCUT2D eigenvalue weighted by atomic mass is 9.96. The number of carbonyl (C=O) groups excluding carboxylic acids is 3. The van der Waals surface area contributed by atoms with Crippen LogP contribution in [0.5, 0.6) is 0 Å². The third-order valence-corrected chi connectivity index (χ3v) is 5.57. The fourth-order valence-electron chi connectivity index (χ4n) is 3.88. The highest BCUT2D eigenvalue weighted by molar-refractivity contribution is 6.07. The van der Waals surface area contributed by atoms with Gasteiger partial charge in [-0.15, -0.1) is 0 Å². The third-order valence-electron chi connectivity index (χ3n) is 5.57. The lowest BCUT2D eigenvalue weighted by molar-refractivity contribution is -0.149. The monoisotopic (exact) mass is 449 g/mol. The van der Waals surface area contributed by atoms with Crippen LogP contribution in [0.3, 0.4) is 0 Å². The van der Waals surface area contributed by atoms with E-state index in [9.17, 15) is 19.2 Å². The molecule has 0 unspecified atom stereocenters. The quantitative estimate of drug-likeness (QED) is 0.587. The van der Waals surface area contributed by atoms with Crippen molar-refractivity contribution in [3.63, 3.8) is 0 Å². The molecular formula is C23H23N5O5. The minimum atomic E-state index is -0.630. The van der Waals surface area contributed by atoms with Crippen molar-refractivity contribution in [1.82, 2.24) is 19.5 Å². The van der Waals surface area contributed by atoms with E-state index in [2.05, 4.69) is 15.4 Å². The first-order valence-corrected chi connectivity index (χ1v) is 10.7. The molecule has 1 fully saturated rings. The Balaban J connectivity index is 1.63. The molecule has 1 aromatic carbocycles. The Morgan fingerprint density at radius 1 is 1.12 bits per heavy atom. The maximum Gasteiger partial charge on any atom is 0.309 e. The van der Waals surface area contributed by atoms with Gasteiger partial charge < -0.3 is 9.64 Å². The summed E-state index contributed by atoms with van der Waals surface area (Å²) in [5.41, 5.74) is 2.32. The predicted octanol–water partition coefficient (Wildman–Crippen LogP) is 1.59. The van der Waals surface area contributed by atoms with Crippen LogP contribution in [0.2, 0.25) is 0 Å². The average Bonchev–Trinajstić information content (AvgIpc) is 2.86. The molecule has 0 bridgehead atoms. The summed E-state index contributed by atoms with van der Waals surface area (Å²) in [6.45, 7) is 2.87. The summed E-state index contributed by atoms with van der Waals surface area (Å²) in [7, 11) is 0. The maximum absolute atomic E-state index is 13.4. The number of esters is 1. The molecule has 1 aliphatic heterocycles. The van der Waals surface area contributed by atoms with Crippen LogP contribution in [-0.4, -0.2) is 57.0 Å². The summed E-state index contributed by atoms with van der Waals surface area (Å²) in [6, 6.07) is 6.74. The number of ether oxygens (including phenoxy) is 1. The van der Waals surface area contributed by atoms with Gasteiger partial charge in [0.05, 0.1) is 24.3 Å². The lowest BCUT2D eigenvalue weighted by Gasteiger charge is -2.31. The number of pyridine rings is 1. The highest BCUT2D eigenvalue weighted by atomic mass is 16.5. The summed E-state index contributed by atoms with van der Waals surface area (Å²) in [5.74, 6) is -1.38. The Morgan fingerprint density at radius 3 is 2.52 bits per heavy atom. The summed E-state index contributed by atoms with van der Waals surface area (Å²) >= 11 is 0. The molecule has 33 heavy (non-hydrogen) atoms. The van der Waals surface area contributed by atoms with Crippen LogP contribution in [0.1, 0.15) is 40.6 Å². The second kappa shape index (κ2) is 9.60. The number of fused-ring (bicyclic) bond motifs is 1. The molecule has 10 heteroatoms. The standard InChI is InChI=1S/C23H23N5O5/c1-2-33-23(32)15-7-11-27(12-8-15)21(30)18-14-28(22(31)17-6-4-3-5-16(17)18)26-20(29)19-13-24-9-10-25-19/h3-6,9-10,13-15H,2,7-8,11-12H2,1H3,(H,26,29). The van der Waals surface area contributed by atoms with Crippen LogP contribution in [-0.2, 0) is 9.53 Å². The van der Waals surface area contributed by atoms with E-state index in [1.807, 2.05) is 0 Å². The SMILES string of the molecule is CCOC(=O)C1CCN(C(=O)c2cn(NC(=O)c3cnccn3)c(=O)c3ccccc23)CC1. The molecule has 2 aromatic heterocycles. The van der Waals surface area contributed by atoms with Gasteiger partial charge in [0.2, 0.25) is 0 Å². The number of hydrogen-bond donors (Lipinski definition) is 1. The number of carbonyl (C=O) groups is 3. The second-order valence-corrected chi connectivity index (χ2v) is 7.61. The molecule has 3 aromatic rings. The number of hydrogen-bond acceptors (Lipinski definition) is 7. The van der Waals surface area contributed by atoms with Gasteiger partial charge >= 0.3 is 5.97 Å². The molecule has 2 amide bonds. The minimum absolute atomic E-state index is 0.0338. The van der Waals surface area contributed by atoms with Crippen molar-refractivity contribution >= 4 is 28.6 Å². The van der Waals surface area contributed by atoms with Crippen molar-refractivity contribution in [3.8, 4) is 0 Å². The lowest BCUT2D eigenvalue weighted by Crippen LogP contribution is -2.41. The first-order valence-electron chi connectivity index (χ1n) is 10.7. The zero-order valence-corrected chi connectivity index (χ0v) is 18.1. The zero-order chi connectivity index (χ0) is 23.4. The first-order chi connectivity index (χ1) is 16.0. The summed E-state index contributed by atoms with van der Waals surface area (Å²) in [6.07, 6.45) is 6.42. The number of aromatic nitrogens is 3. The second-order valence-electron chi connectivity index (χ2n) is 7.61. The van der Waals surface area contributed by atoms with Crippen LogP contribution < -0.4 is 11.0 Å². The highest BCUT2D eigenvalue weighted by Gasteiger charge is 2.30. The van der Waals surface area contributed by atoms with Gasteiger partial charge in [-0.25, -0.2) is 9.66 Å². The molecule has 0 spiro atoms. The Labute approximate surface area is 189 Å². The van der Waals surface area contributed by atoms with Crippen LogP contribution >= 0.6 is 0 Å². The Hall–Kier alpha value is -4.08. The van der Waals surface area contributed by atoms with E-state index in [1.165, 1.54) is 24.8 Å². The molecule has 4 rings (SSSR count). The van der Waals surface area contributed by atoms with E-state index < -0.39 is 11.5 Å². The normalized spacial score (nSPS) is 14.2. The fourth-order valence-corrected chi connectivity index (χ4v) is 3.88. The van der Waals surface area contributed by atoms with E-state index in [1.54, 1.807) is 36.1 Å². The molecular weight excluding hydrogens is 426 g/mol. The van der Waals surface area contributed by atoms with Gasteiger partial charge in [-0.2, -0.15) is 0 Å². The summed E-state index contributed by atoms with van der Waals surface area (Å²) in [5, 5.41) is 0.786. The first kappa shape index (κ1) is 22.1. The molecule has 1 saturated heterocycles. The molecule has 3 heterocycles. The molecule has 170 valence electrons. The van der Waals surface area contributed by atoms with Gasteiger partial charge in [0, 0.05) is 42.5 Å². The highest BCUT2D eigenvalue weighted by Crippen LogP contribution is 2.23. The van der Waals surface area contributed by atoms with Crippen molar-refractivity contribution in [2.24, 2.45) is 5.92 Å².